The fraction of sp³-hybridized carbons (Fsp3) is 0.0909. The van der Waals surface area contributed by atoms with Crippen molar-refractivity contribution in [3.05, 3.63) is 47.5 Å². The fourth-order valence-electron chi connectivity index (χ4n) is 1.48. The first-order valence-corrected chi connectivity index (χ1v) is 4.50. The molecule has 1 aromatic carbocycles. The average Bonchev–Trinajstić information content (AvgIpc) is 2.23. The molecule has 1 N–H and O–H groups in total. The number of fused-ring (bicyclic) bond motifs is 1. The van der Waals surface area contributed by atoms with Crippen LogP contribution in [0.3, 0.4) is 0 Å². The van der Waals surface area contributed by atoms with Crippen LogP contribution >= 0.6 is 0 Å². The lowest BCUT2D eigenvalue weighted by molar-refractivity contribution is -0.702. The Hall–Kier alpha value is -2.10. The molecule has 4 nitrogen and oxygen atoms in total. The van der Waals surface area contributed by atoms with Crippen molar-refractivity contribution in [1.29, 1.82) is 0 Å². The van der Waals surface area contributed by atoms with E-state index >= 15 is 0 Å². The van der Waals surface area contributed by atoms with Gasteiger partial charge in [0.25, 0.3) is 10.8 Å². The Morgan fingerprint density at radius 1 is 1.47 bits per heavy atom. The molecule has 2 aromatic rings. The van der Waals surface area contributed by atoms with E-state index in [-0.39, 0.29) is 5.75 Å². The van der Waals surface area contributed by atoms with Gasteiger partial charge in [-0.15, -0.1) is 6.58 Å². The summed E-state index contributed by atoms with van der Waals surface area (Å²) < 4.78 is 5.34. The van der Waals surface area contributed by atoms with E-state index in [1.165, 1.54) is 6.20 Å². The zero-order chi connectivity index (χ0) is 10.8. The van der Waals surface area contributed by atoms with Crippen molar-refractivity contribution in [3.8, 4) is 5.75 Å². The molecule has 0 aliphatic heterocycles. The maximum atomic E-state index is 11.0. The minimum atomic E-state index is 0.109. The summed E-state index contributed by atoms with van der Waals surface area (Å²) in [7, 11) is 0. The molecule has 0 aliphatic rings. The van der Waals surface area contributed by atoms with Crippen molar-refractivity contribution in [2.45, 2.75) is 6.42 Å². The highest BCUT2D eigenvalue weighted by Gasteiger charge is 2.11. The normalized spacial score (nSPS) is 10.4. The van der Waals surface area contributed by atoms with Gasteiger partial charge < -0.3 is 5.11 Å². The maximum Gasteiger partial charge on any atom is 0.283 e. The van der Waals surface area contributed by atoms with Crippen molar-refractivity contribution < 1.29 is 14.2 Å². The van der Waals surface area contributed by atoms with Crippen molar-refractivity contribution in [2.75, 3.05) is 0 Å². The predicted octanol–water partition coefficient (Wildman–Crippen LogP) is 1.78. The molecule has 1 heterocycles. The summed E-state index contributed by atoms with van der Waals surface area (Å²) in [5.41, 5.74) is 0.972. The van der Waals surface area contributed by atoms with Gasteiger partial charge in [-0.05, 0) is 18.6 Å². The Morgan fingerprint density at radius 3 is 3.00 bits per heavy atom. The summed E-state index contributed by atoms with van der Waals surface area (Å²) in [6.45, 7) is 3.59. The Labute approximate surface area is 85.6 Å². The molecule has 0 fully saturated rings. The van der Waals surface area contributed by atoms with Crippen molar-refractivity contribution in [2.24, 2.45) is 0 Å². The number of aromatic nitrogens is 1. The molecule has 0 saturated heterocycles. The topological polar surface area (TPSA) is 56.3 Å². The highest BCUT2D eigenvalue weighted by Crippen LogP contribution is 2.26. The molecule has 76 valence electrons. The monoisotopic (exact) mass is 204 g/mol. The van der Waals surface area contributed by atoms with Crippen molar-refractivity contribution in [3.63, 3.8) is 0 Å². The second-order valence-corrected chi connectivity index (χ2v) is 3.17. The molecule has 0 amide bonds. The smallest absolute Gasteiger partial charge is 0.283 e. The van der Waals surface area contributed by atoms with Crippen LogP contribution in [0.25, 0.3) is 11.0 Å². The van der Waals surface area contributed by atoms with Crippen LogP contribution in [-0.4, -0.2) is 5.11 Å². The Morgan fingerprint density at radius 2 is 2.27 bits per heavy atom. The fourth-order valence-corrected chi connectivity index (χ4v) is 1.48. The molecule has 4 heteroatoms. The number of hydrogen-bond donors (Lipinski definition) is 1. The van der Waals surface area contributed by atoms with E-state index in [1.54, 1.807) is 24.3 Å². The van der Waals surface area contributed by atoms with Crippen LogP contribution < -0.4 is 4.60 Å². The van der Waals surface area contributed by atoms with E-state index in [2.05, 4.69) is 6.58 Å². The molecule has 0 unspecified atom stereocenters. The second kappa shape index (κ2) is 3.57. The van der Waals surface area contributed by atoms with E-state index in [9.17, 15) is 10.0 Å². The number of phenolic OH excluding ortho intramolecular Hbond substituents is 1. The minimum absolute atomic E-state index is 0.109. The number of rotatable bonds is 2. The van der Waals surface area contributed by atoms with Crippen LogP contribution in [-0.2, 0) is 6.42 Å². The molecule has 0 atom stereocenters. The van der Waals surface area contributed by atoms with Gasteiger partial charge in [-0.2, -0.15) is 4.52 Å². The summed E-state index contributed by atoms with van der Waals surface area (Å²) >= 11 is 0. The number of allylic oxidation sites excluding steroid dienone is 1. The summed E-state index contributed by atoms with van der Waals surface area (Å²) in [4.78, 5) is 11.0. The molecule has 2 rings (SSSR count). The van der Waals surface area contributed by atoms with E-state index in [0.717, 1.165) is 5.39 Å². The van der Waals surface area contributed by atoms with Gasteiger partial charge in [0, 0.05) is 17.0 Å². The lowest BCUT2D eigenvalue weighted by atomic mass is 10.1. The predicted molar refractivity (Wildman–Crippen MR) is 55.1 cm³/mol. The minimum Gasteiger partial charge on any atom is -0.508 e. The summed E-state index contributed by atoms with van der Waals surface area (Å²) in [6, 6.07) is 4.91. The van der Waals surface area contributed by atoms with E-state index in [1.807, 2.05) is 0 Å². The van der Waals surface area contributed by atoms with Crippen molar-refractivity contribution >= 4 is 11.0 Å². The maximum absolute atomic E-state index is 11.0. The third-order valence-corrected chi connectivity index (χ3v) is 2.17. The van der Waals surface area contributed by atoms with E-state index < -0.39 is 0 Å². The number of hydrogen-bond acceptors (Lipinski definition) is 3. The molecular formula is C11H10NO3+. The summed E-state index contributed by atoms with van der Waals surface area (Å²) in [5.74, 6) is 0.109. The molecule has 15 heavy (non-hydrogen) atoms. The lowest BCUT2D eigenvalue weighted by Gasteiger charge is -2.01. The molecule has 0 radical (unpaired) electrons. The highest BCUT2D eigenvalue weighted by molar-refractivity contribution is 5.81. The first kappa shape index (κ1) is 9.45. The number of benzene rings is 1. The Bertz CT molecular complexity index is 572. The van der Waals surface area contributed by atoms with Gasteiger partial charge in [0.2, 0.25) is 5.58 Å². The summed E-state index contributed by atoms with van der Waals surface area (Å²) in [5, 5.41) is 10.4. The standard InChI is InChI=1S/C11H9NO3/c1-2-3-9-10(13)5-4-8-6-7-12(14)15-11(8)9/h2,4-7H,1,3H2/p+1. The highest BCUT2D eigenvalue weighted by atomic mass is 16.6. The van der Waals surface area contributed by atoms with Gasteiger partial charge in [-0.25, -0.2) is 0 Å². The van der Waals surface area contributed by atoms with Crippen LogP contribution in [0.4, 0.5) is 0 Å². The van der Waals surface area contributed by atoms with Gasteiger partial charge in [0.05, 0.1) is 4.91 Å². The first-order chi connectivity index (χ1) is 7.22. The van der Waals surface area contributed by atoms with E-state index in [0.29, 0.717) is 22.2 Å². The number of phenols is 1. The molecule has 0 bridgehead atoms. The molecule has 0 saturated carbocycles. The number of aromatic hydroxyl groups is 1. The van der Waals surface area contributed by atoms with Crippen LogP contribution in [0, 0.1) is 4.91 Å². The van der Waals surface area contributed by atoms with E-state index in [4.69, 9.17) is 4.52 Å². The van der Waals surface area contributed by atoms with Crippen LogP contribution in [0.2, 0.25) is 0 Å². The lowest BCUT2D eigenvalue weighted by Crippen LogP contribution is -2.11. The van der Waals surface area contributed by atoms with Gasteiger partial charge in [-0.3, -0.25) is 0 Å². The molecular weight excluding hydrogens is 194 g/mol. The summed E-state index contributed by atoms with van der Waals surface area (Å²) in [6.07, 6.45) is 3.37. The van der Waals surface area contributed by atoms with Gasteiger partial charge in [0.15, 0.2) is 0 Å². The number of nitrogens with zero attached hydrogens (tertiary/aromatic N) is 1. The molecule has 1 aromatic heterocycles. The zero-order valence-electron chi connectivity index (χ0n) is 8.01. The second-order valence-electron chi connectivity index (χ2n) is 3.17. The van der Waals surface area contributed by atoms with Gasteiger partial charge in [0.1, 0.15) is 5.75 Å². The molecule has 0 aliphatic carbocycles. The van der Waals surface area contributed by atoms with Gasteiger partial charge >= 0.3 is 0 Å². The Balaban J connectivity index is 2.83. The van der Waals surface area contributed by atoms with Crippen LogP contribution in [0.5, 0.6) is 5.75 Å². The molecule has 0 spiro atoms. The quantitative estimate of drug-likeness (QED) is 0.758. The van der Waals surface area contributed by atoms with Crippen LogP contribution in [0.15, 0.2) is 41.6 Å². The van der Waals surface area contributed by atoms with Crippen LogP contribution in [0.1, 0.15) is 5.56 Å². The van der Waals surface area contributed by atoms with Crippen molar-refractivity contribution in [1.82, 2.24) is 0 Å². The Kier molecular flexibility index (Phi) is 2.25. The SMILES string of the molecule is C=CCc1c(O)ccc2cc[n+](=O)oc12. The largest absolute Gasteiger partial charge is 0.508 e. The first-order valence-electron chi connectivity index (χ1n) is 4.50. The zero-order valence-corrected chi connectivity index (χ0v) is 8.01. The third kappa shape index (κ3) is 1.61. The average molecular weight is 204 g/mol. The third-order valence-electron chi connectivity index (χ3n) is 2.17. The van der Waals surface area contributed by atoms with Gasteiger partial charge in [-0.1, -0.05) is 6.08 Å².